The van der Waals surface area contributed by atoms with Gasteiger partial charge in [0, 0.05) is 11.1 Å². The van der Waals surface area contributed by atoms with Gasteiger partial charge >= 0.3 is 5.97 Å². The molecule has 0 aliphatic rings. The largest absolute Gasteiger partial charge is 0.478 e. The summed E-state index contributed by atoms with van der Waals surface area (Å²) in [6.45, 7) is 1.73. The van der Waals surface area contributed by atoms with Gasteiger partial charge in [-0.05, 0) is 13.0 Å². The van der Waals surface area contributed by atoms with Crippen molar-refractivity contribution in [2.45, 2.75) is 6.92 Å². The van der Waals surface area contributed by atoms with Gasteiger partial charge < -0.3 is 5.11 Å². The fourth-order valence-electron chi connectivity index (χ4n) is 0.247. The summed E-state index contributed by atoms with van der Waals surface area (Å²) < 4.78 is 0. The van der Waals surface area contributed by atoms with E-state index in [1.807, 2.05) is 0 Å². The van der Waals surface area contributed by atoms with E-state index < -0.39 is 5.97 Å². The third kappa shape index (κ3) is 5.11. The molecule has 0 unspecified atom stereocenters. The molecule has 0 amide bonds. The maximum atomic E-state index is 9.85. The van der Waals surface area contributed by atoms with E-state index in [-0.39, 0.29) is 0 Å². The number of halogens is 1. The predicted octanol–water partition coefficient (Wildman–Crippen LogP) is 1.77. The highest BCUT2D eigenvalue weighted by Crippen LogP contribution is 2.00. The highest BCUT2D eigenvalue weighted by molar-refractivity contribution is 6.31. The monoisotopic (exact) mass is 146 g/mol. The zero-order valence-corrected chi connectivity index (χ0v) is 5.72. The Kier molecular flexibility index (Phi) is 3.80. The van der Waals surface area contributed by atoms with Crippen molar-refractivity contribution in [3.63, 3.8) is 0 Å². The van der Waals surface area contributed by atoms with Crippen LogP contribution in [0.1, 0.15) is 6.92 Å². The lowest BCUT2D eigenvalue weighted by molar-refractivity contribution is -0.131. The standard InChI is InChI=1S/C6H7ClO2/c1-2-5(7)3-4-6(8)9/h2-4H,1H3,(H,8,9)/b4-3+,5-2+. The number of carboxylic acid groups (broad SMARTS) is 1. The summed E-state index contributed by atoms with van der Waals surface area (Å²) in [5.41, 5.74) is 0. The van der Waals surface area contributed by atoms with Crippen LogP contribution in [0, 0.1) is 0 Å². The topological polar surface area (TPSA) is 37.3 Å². The summed E-state index contributed by atoms with van der Waals surface area (Å²) >= 11 is 5.42. The maximum Gasteiger partial charge on any atom is 0.328 e. The Hall–Kier alpha value is -0.760. The summed E-state index contributed by atoms with van der Waals surface area (Å²) in [4.78, 5) is 9.85. The quantitative estimate of drug-likeness (QED) is 0.476. The van der Waals surface area contributed by atoms with Crippen LogP contribution in [0.3, 0.4) is 0 Å². The van der Waals surface area contributed by atoms with E-state index in [2.05, 4.69) is 0 Å². The lowest BCUT2D eigenvalue weighted by Crippen LogP contribution is -1.84. The van der Waals surface area contributed by atoms with Gasteiger partial charge in [0.1, 0.15) is 0 Å². The smallest absolute Gasteiger partial charge is 0.328 e. The minimum atomic E-state index is -0.991. The van der Waals surface area contributed by atoms with E-state index >= 15 is 0 Å². The molecular weight excluding hydrogens is 140 g/mol. The van der Waals surface area contributed by atoms with E-state index in [0.29, 0.717) is 5.03 Å². The van der Waals surface area contributed by atoms with Crippen LogP contribution < -0.4 is 0 Å². The average molecular weight is 147 g/mol. The summed E-state index contributed by atoms with van der Waals surface area (Å²) in [5.74, 6) is -0.991. The fraction of sp³-hybridized carbons (Fsp3) is 0.167. The molecule has 0 atom stereocenters. The number of allylic oxidation sites excluding steroid dienone is 3. The van der Waals surface area contributed by atoms with Gasteiger partial charge in [-0.1, -0.05) is 17.7 Å². The Balaban J connectivity index is 3.86. The second-order valence-corrected chi connectivity index (χ2v) is 1.78. The Labute approximate surface area is 58.4 Å². The molecule has 0 fully saturated rings. The molecule has 0 aromatic carbocycles. The molecule has 0 saturated carbocycles. The lowest BCUT2D eigenvalue weighted by Gasteiger charge is -1.80. The van der Waals surface area contributed by atoms with Crippen molar-refractivity contribution in [1.29, 1.82) is 0 Å². The number of carbonyl (C=O) groups is 1. The van der Waals surface area contributed by atoms with Gasteiger partial charge in [-0.2, -0.15) is 0 Å². The second kappa shape index (κ2) is 4.15. The Bertz CT molecular complexity index is 158. The average Bonchev–Trinajstić information content (AvgIpc) is 1.83. The molecule has 0 aromatic heterocycles. The lowest BCUT2D eigenvalue weighted by atomic mass is 10.4. The molecular formula is C6H7ClO2. The van der Waals surface area contributed by atoms with E-state index in [1.165, 1.54) is 6.08 Å². The normalized spacial score (nSPS) is 12.4. The van der Waals surface area contributed by atoms with Crippen LogP contribution in [0.2, 0.25) is 0 Å². The van der Waals surface area contributed by atoms with Crippen molar-refractivity contribution < 1.29 is 9.90 Å². The molecule has 0 aliphatic heterocycles. The van der Waals surface area contributed by atoms with Gasteiger partial charge in [-0.3, -0.25) is 0 Å². The molecule has 50 valence electrons. The first-order valence-corrected chi connectivity index (χ1v) is 2.77. The molecule has 0 aromatic rings. The van der Waals surface area contributed by atoms with E-state index in [1.54, 1.807) is 13.0 Å². The van der Waals surface area contributed by atoms with E-state index in [4.69, 9.17) is 16.7 Å². The van der Waals surface area contributed by atoms with E-state index in [0.717, 1.165) is 6.08 Å². The van der Waals surface area contributed by atoms with Crippen LogP contribution in [0.5, 0.6) is 0 Å². The van der Waals surface area contributed by atoms with Crippen molar-refractivity contribution in [2.24, 2.45) is 0 Å². The Morgan fingerprint density at radius 2 is 2.11 bits per heavy atom. The number of carboxylic acids is 1. The molecule has 2 nitrogen and oxygen atoms in total. The first kappa shape index (κ1) is 8.24. The first-order valence-electron chi connectivity index (χ1n) is 2.39. The highest BCUT2D eigenvalue weighted by Gasteiger charge is 1.85. The Morgan fingerprint density at radius 3 is 2.44 bits per heavy atom. The van der Waals surface area contributed by atoms with Crippen molar-refractivity contribution in [3.8, 4) is 0 Å². The van der Waals surface area contributed by atoms with Gasteiger partial charge in [0.25, 0.3) is 0 Å². The molecule has 9 heavy (non-hydrogen) atoms. The van der Waals surface area contributed by atoms with Crippen LogP contribution >= 0.6 is 11.6 Å². The third-order valence-electron chi connectivity index (χ3n) is 0.661. The molecule has 0 rings (SSSR count). The van der Waals surface area contributed by atoms with Crippen molar-refractivity contribution in [3.05, 3.63) is 23.3 Å². The second-order valence-electron chi connectivity index (χ2n) is 1.35. The Morgan fingerprint density at radius 1 is 1.56 bits per heavy atom. The van der Waals surface area contributed by atoms with Crippen molar-refractivity contribution >= 4 is 17.6 Å². The van der Waals surface area contributed by atoms with Crippen LogP contribution in [0.25, 0.3) is 0 Å². The van der Waals surface area contributed by atoms with Crippen molar-refractivity contribution in [1.82, 2.24) is 0 Å². The zero-order chi connectivity index (χ0) is 7.28. The number of hydrogen-bond acceptors (Lipinski definition) is 1. The molecule has 0 bridgehead atoms. The third-order valence-corrected chi connectivity index (χ3v) is 1.01. The predicted molar refractivity (Wildman–Crippen MR) is 36.4 cm³/mol. The molecule has 0 spiro atoms. The van der Waals surface area contributed by atoms with Gasteiger partial charge in [-0.15, -0.1) is 0 Å². The number of rotatable bonds is 2. The fourth-order valence-corrected chi connectivity index (χ4v) is 0.310. The van der Waals surface area contributed by atoms with Crippen LogP contribution in [0.4, 0.5) is 0 Å². The molecule has 3 heteroatoms. The maximum absolute atomic E-state index is 9.85. The molecule has 0 radical (unpaired) electrons. The minimum Gasteiger partial charge on any atom is -0.478 e. The number of hydrogen-bond donors (Lipinski definition) is 1. The zero-order valence-electron chi connectivity index (χ0n) is 4.97. The molecule has 0 aliphatic carbocycles. The summed E-state index contributed by atoms with van der Waals surface area (Å²) in [6.07, 6.45) is 3.92. The van der Waals surface area contributed by atoms with Gasteiger partial charge in [0.15, 0.2) is 0 Å². The van der Waals surface area contributed by atoms with Gasteiger partial charge in [0.2, 0.25) is 0 Å². The summed E-state index contributed by atoms with van der Waals surface area (Å²) in [6, 6.07) is 0. The van der Waals surface area contributed by atoms with Crippen LogP contribution in [-0.4, -0.2) is 11.1 Å². The van der Waals surface area contributed by atoms with Crippen LogP contribution in [-0.2, 0) is 4.79 Å². The summed E-state index contributed by atoms with van der Waals surface area (Å²) in [7, 11) is 0. The molecule has 0 saturated heterocycles. The van der Waals surface area contributed by atoms with Crippen molar-refractivity contribution in [2.75, 3.05) is 0 Å². The summed E-state index contributed by atoms with van der Waals surface area (Å²) in [5, 5.41) is 8.51. The molecule has 1 N–H and O–H groups in total. The minimum absolute atomic E-state index is 0.428. The van der Waals surface area contributed by atoms with E-state index in [9.17, 15) is 4.79 Å². The highest BCUT2D eigenvalue weighted by atomic mass is 35.5. The van der Waals surface area contributed by atoms with Gasteiger partial charge in [0.05, 0.1) is 0 Å². The first-order chi connectivity index (χ1) is 4.16. The number of aliphatic carboxylic acids is 1. The van der Waals surface area contributed by atoms with Crippen LogP contribution in [0.15, 0.2) is 23.3 Å². The SMILES string of the molecule is C/C=C(Cl)\C=C\C(=O)O. The molecule has 0 heterocycles. The van der Waals surface area contributed by atoms with Gasteiger partial charge in [-0.25, -0.2) is 4.79 Å².